The fourth-order valence-electron chi connectivity index (χ4n) is 2.85. The number of amides is 2. The molecule has 2 aromatic carbocycles. The quantitative estimate of drug-likeness (QED) is 0.682. The van der Waals surface area contributed by atoms with Crippen LogP contribution in [0, 0.1) is 0 Å². The lowest BCUT2D eigenvalue weighted by Gasteiger charge is -2.25. The number of hydrogen-bond acceptors (Lipinski definition) is 3. The van der Waals surface area contributed by atoms with Crippen LogP contribution in [0.25, 0.3) is 0 Å². The van der Waals surface area contributed by atoms with Gasteiger partial charge in [0.1, 0.15) is 5.75 Å². The number of nitrogens with zero attached hydrogens (tertiary/aromatic N) is 1. The summed E-state index contributed by atoms with van der Waals surface area (Å²) in [6.07, 6.45) is 1.60. The zero-order valence-electron chi connectivity index (χ0n) is 15.8. The van der Waals surface area contributed by atoms with Crippen molar-refractivity contribution >= 4 is 6.03 Å². The number of carbonyl (C=O) groups is 1. The standard InChI is InChI=1S/C21H29N3O2/c1-16(13-17-7-5-4-6-8-17)23-21(26)22-15-19(24(2)3)14-18-9-11-20(25)12-10-18/h4-12,16,19,25H,13-15H2,1-3H3,(H2,22,23,26)/t16-,19?/m1/s1. The Morgan fingerprint density at radius 2 is 1.62 bits per heavy atom. The van der Waals surface area contributed by atoms with Crippen LogP contribution in [-0.2, 0) is 12.8 Å². The van der Waals surface area contributed by atoms with Crippen molar-refractivity contribution < 1.29 is 9.90 Å². The van der Waals surface area contributed by atoms with E-state index in [1.54, 1.807) is 12.1 Å². The maximum absolute atomic E-state index is 12.2. The second-order valence-electron chi connectivity index (χ2n) is 6.93. The number of likely N-dealkylation sites (N-methyl/N-ethyl adjacent to an activating group) is 1. The van der Waals surface area contributed by atoms with Crippen molar-refractivity contribution in [3.05, 3.63) is 65.7 Å². The lowest BCUT2D eigenvalue weighted by Crippen LogP contribution is -2.47. The van der Waals surface area contributed by atoms with Gasteiger partial charge in [-0.05, 0) is 57.1 Å². The summed E-state index contributed by atoms with van der Waals surface area (Å²) in [5.41, 5.74) is 2.33. The van der Waals surface area contributed by atoms with Crippen molar-refractivity contribution in [2.24, 2.45) is 0 Å². The van der Waals surface area contributed by atoms with Gasteiger partial charge in [0.15, 0.2) is 0 Å². The molecule has 0 aromatic heterocycles. The van der Waals surface area contributed by atoms with E-state index < -0.39 is 0 Å². The third-order valence-electron chi connectivity index (χ3n) is 4.40. The van der Waals surface area contributed by atoms with Crippen LogP contribution in [0.4, 0.5) is 4.79 Å². The minimum absolute atomic E-state index is 0.0623. The van der Waals surface area contributed by atoms with Crippen LogP contribution in [-0.4, -0.2) is 48.8 Å². The lowest BCUT2D eigenvalue weighted by atomic mass is 10.0. The molecular formula is C21H29N3O2. The van der Waals surface area contributed by atoms with E-state index in [0.717, 1.165) is 18.4 Å². The van der Waals surface area contributed by atoms with Crippen molar-refractivity contribution in [1.29, 1.82) is 0 Å². The van der Waals surface area contributed by atoms with Gasteiger partial charge in [-0.3, -0.25) is 0 Å². The average Bonchev–Trinajstić information content (AvgIpc) is 2.60. The van der Waals surface area contributed by atoms with Crippen LogP contribution in [0.15, 0.2) is 54.6 Å². The van der Waals surface area contributed by atoms with Gasteiger partial charge in [-0.15, -0.1) is 0 Å². The van der Waals surface area contributed by atoms with Crippen LogP contribution < -0.4 is 10.6 Å². The molecule has 2 aromatic rings. The number of carbonyl (C=O) groups excluding carboxylic acids is 1. The van der Waals surface area contributed by atoms with Gasteiger partial charge in [0, 0.05) is 18.6 Å². The molecule has 1 unspecified atom stereocenters. The summed E-state index contributed by atoms with van der Waals surface area (Å²) in [5.74, 6) is 0.264. The number of benzene rings is 2. The highest BCUT2D eigenvalue weighted by atomic mass is 16.3. The third kappa shape index (κ3) is 6.76. The first kappa shape index (κ1) is 19.8. The molecule has 5 heteroatoms. The number of phenols is 1. The van der Waals surface area contributed by atoms with E-state index in [2.05, 4.69) is 27.7 Å². The summed E-state index contributed by atoms with van der Waals surface area (Å²) in [5, 5.41) is 15.4. The Labute approximate surface area is 156 Å². The number of urea groups is 1. The normalized spacial score (nSPS) is 13.2. The van der Waals surface area contributed by atoms with Crippen molar-refractivity contribution in [1.82, 2.24) is 15.5 Å². The Kier molecular flexibility index (Phi) is 7.48. The first-order valence-corrected chi connectivity index (χ1v) is 8.96. The van der Waals surface area contributed by atoms with E-state index in [0.29, 0.717) is 6.54 Å². The Morgan fingerprint density at radius 1 is 1.00 bits per heavy atom. The molecule has 26 heavy (non-hydrogen) atoms. The van der Waals surface area contributed by atoms with Crippen molar-refractivity contribution in [2.75, 3.05) is 20.6 Å². The largest absolute Gasteiger partial charge is 0.508 e. The number of phenolic OH excluding ortho intramolecular Hbond substituents is 1. The van der Waals surface area contributed by atoms with Gasteiger partial charge in [-0.25, -0.2) is 4.79 Å². The Hall–Kier alpha value is -2.53. The van der Waals surface area contributed by atoms with Gasteiger partial charge < -0.3 is 20.6 Å². The fourth-order valence-corrected chi connectivity index (χ4v) is 2.85. The maximum atomic E-state index is 12.2. The smallest absolute Gasteiger partial charge is 0.315 e. The van der Waals surface area contributed by atoms with Gasteiger partial charge in [0.2, 0.25) is 0 Å². The second kappa shape index (κ2) is 9.82. The molecule has 0 heterocycles. The van der Waals surface area contributed by atoms with Crippen LogP contribution in [0.3, 0.4) is 0 Å². The molecule has 0 saturated carbocycles. The van der Waals surface area contributed by atoms with E-state index in [4.69, 9.17) is 0 Å². The van der Waals surface area contributed by atoms with Crippen molar-refractivity contribution in [3.8, 4) is 5.75 Å². The molecule has 0 aliphatic carbocycles. The molecule has 0 fully saturated rings. The van der Waals surface area contributed by atoms with Crippen LogP contribution in [0.2, 0.25) is 0 Å². The van der Waals surface area contributed by atoms with E-state index >= 15 is 0 Å². The van der Waals surface area contributed by atoms with Crippen LogP contribution >= 0.6 is 0 Å². The SMILES string of the molecule is C[C@H](Cc1ccccc1)NC(=O)NCC(Cc1ccc(O)cc1)N(C)C. The monoisotopic (exact) mass is 355 g/mol. The summed E-state index contributed by atoms with van der Waals surface area (Å²) in [7, 11) is 4.01. The van der Waals surface area contributed by atoms with Crippen LogP contribution in [0.1, 0.15) is 18.1 Å². The van der Waals surface area contributed by atoms with Gasteiger partial charge in [0.05, 0.1) is 0 Å². The first-order chi connectivity index (χ1) is 12.4. The average molecular weight is 355 g/mol. The molecule has 0 spiro atoms. The predicted molar refractivity (Wildman–Crippen MR) is 105 cm³/mol. The van der Waals surface area contributed by atoms with Crippen LogP contribution in [0.5, 0.6) is 5.75 Å². The Morgan fingerprint density at radius 3 is 2.23 bits per heavy atom. The molecule has 0 saturated heterocycles. The molecule has 2 amide bonds. The Balaban J connectivity index is 1.80. The van der Waals surface area contributed by atoms with Gasteiger partial charge in [0.25, 0.3) is 0 Å². The second-order valence-corrected chi connectivity index (χ2v) is 6.93. The summed E-state index contributed by atoms with van der Waals surface area (Å²) < 4.78 is 0. The van der Waals surface area contributed by atoms with Gasteiger partial charge in [-0.1, -0.05) is 42.5 Å². The topological polar surface area (TPSA) is 64.6 Å². The molecule has 2 atom stereocenters. The zero-order valence-corrected chi connectivity index (χ0v) is 15.8. The lowest BCUT2D eigenvalue weighted by molar-refractivity contribution is 0.229. The predicted octanol–water partition coefficient (Wildman–Crippen LogP) is 2.80. The summed E-state index contributed by atoms with van der Waals surface area (Å²) in [6, 6.07) is 17.4. The summed E-state index contributed by atoms with van der Waals surface area (Å²) in [4.78, 5) is 14.3. The van der Waals surface area contributed by atoms with E-state index in [9.17, 15) is 9.90 Å². The van der Waals surface area contributed by atoms with Gasteiger partial charge >= 0.3 is 6.03 Å². The highest BCUT2D eigenvalue weighted by Gasteiger charge is 2.15. The number of nitrogens with one attached hydrogen (secondary N) is 2. The van der Waals surface area contributed by atoms with Crippen molar-refractivity contribution in [2.45, 2.75) is 31.8 Å². The molecule has 0 aliphatic heterocycles. The molecule has 3 N–H and O–H groups in total. The minimum Gasteiger partial charge on any atom is -0.508 e. The van der Waals surface area contributed by atoms with E-state index in [-0.39, 0.29) is 23.9 Å². The van der Waals surface area contributed by atoms with E-state index in [1.807, 2.05) is 51.4 Å². The maximum Gasteiger partial charge on any atom is 0.315 e. The highest BCUT2D eigenvalue weighted by molar-refractivity contribution is 5.74. The first-order valence-electron chi connectivity index (χ1n) is 8.96. The zero-order chi connectivity index (χ0) is 18.9. The molecule has 2 rings (SSSR count). The van der Waals surface area contributed by atoms with Crippen molar-refractivity contribution in [3.63, 3.8) is 0 Å². The van der Waals surface area contributed by atoms with Gasteiger partial charge in [-0.2, -0.15) is 0 Å². The molecule has 0 radical (unpaired) electrons. The number of aromatic hydroxyl groups is 1. The molecular weight excluding hydrogens is 326 g/mol. The third-order valence-corrected chi connectivity index (χ3v) is 4.40. The molecule has 0 aliphatic rings. The van der Waals surface area contributed by atoms with E-state index in [1.165, 1.54) is 5.56 Å². The molecule has 0 bridgehead atoms. The minimum atomic E-state index is -0.147. The summed E-state index contributed by atoms with van der Waals surface area (Å²) >= 11 is 0. The Bertz CT molecular complexity index is 671. The molecule has 5 nitrogen and oxygen atoms in total. The number of rotatable bonds is 8. The highest BCUT2D eigenvalue weighted by Crippen LogP contribution is 2.12. The number of hydrogen-bond donors (Lipinski definition) is 3. The fraction of sp³-hybridized carbons (Fsp3) is 0.381. The summed E-state index contributed by atoms with van der Waals surface area (Å²) in [6.45, 7) is 2.56. The molecule has 140 valence electrons.